The van der Waals surface area contributed by atoms with E-state index >= 15 is 0 Å². The maximum Gasteiger partial charge on any atom is 0.249 e. The molecular weight excluding hydrogens is 322 g/mol. The van der Waals surface area contributed by atoms with Gasteiger partial charge in [-0.25, -0.2) is 0 Å². The Hall–Kier alpha value is -2.66. The Morgan fingerprint density at radius 3 is 2.54 bits per heavy atom. The lowest BCUT2D eigenvalue weighted by molar-refractivity contribution is 0.965. The molecule has 122 valence electrons. The van der Waals surface area contributed by atoms with Crippen LogP contribution >= 0.6 is 11.6 Å². The summed E-state index contributed by atoms with van der Waals surface area (Å²) in [5.41, 5.74) is 4.51. The van der Waals surface area contributed by atoms with Gasteiger partial charge in [0.15, 0.2) is 5.82 Å². The molecule has 0 radical (unpaired) electrons. The molecule has 24 heavy (non-hydrogen) atoms. The number of aryl methyl sites for hydroxylation is 2. The van der Waals surface area contributed by atoms with Crippen molar-refractivity contribution >= 4 is 29.1 Å². The van der Waals surface area contributed by atoms with Crippen LogP contribution in [-0.4, -0.2) is 15.2 Å². The van der Waals surface area contributed by atoms with Gasteiger partial charge in [0.05, 0.1) is 6.20 Å². The van der Waals surface area contributed by atoms with E-state index in [9.17, 15) is 0 Å². The number of hydrogen-bond acceptors (Lipinski definition) is 5. The van der Waals surface area contributed by atoms with Crippen molar-refractivity contribution in [3.63, 3.8) is 0 Å². The van der Waals surface area contributed by atoms with E-state index < -0.39 is 0 Å². The first kappa shape index (κ1) is 16.2. The van der Waals surface area contributed by atoms with Crippen molar-refractivity contribution in [3.8, 4) is 0 Å². The molecule has 3 aromatic rings. The van der Waals surface area contributed by atoms with Crippen molar-refractivity contribution in [3.05, 3.63) is 70.4 Å². The molecule has 1 aromatic heterocycles. The van der Waals surface area contributed by atoms with Crippen LogP contribution in [0, 0.1) is 13.8 Å². The molecule has 0 aliphatic heterocycles. The molecule has 2 N–H and O–H groups in total. The predicted octanol–water partition coefficient (Wildman–Crippen LogP) is 4.50. The van der Waals surface area contributed by atoms with E-state index in [0.29, 0.717) is 18.3 Å². The lowest BCUT2D eigenvalue weighted by Crippen LogP contribution is -2.05. The topological polar surface area (TPSA) is 62.7 Å². The number of aromatic nitrogens is 3. The van der Waals surface area contributed by atoms with Crippen LogP contribution in [0.25, 0.3) is 0 Å². The van der Waals surface area contributed by atoms with Crippen LogP contribution in [0.2, 0.25) is 5.02 Å². The predicted molar refractivity (Wildman–Crippen MR) is 97.8 cm³/mol. The first-order chi connectivity index (χ1) is 11.6. The first-order valence-electron chi connectivity index (χ1n) is 7.62. The number of hydrogen-bond donors (Lipinski definition) is 2. The minimum absolute atomic E-state index is 0.458. The SMILES string of the molecule is Cc1ccc(Nc2nncc(NCc3ccc(Cl)cc3)n2)cc1C. The quantitative estimate of drug-likeness (QED) is 0.716. The average Bonchev–Trinajstić information content (AvgIpc) is 2.58. The van der Waals surface area contributed by atoms with Gasteiger partial charge in [0.1, 0.15) is 0 Å². The van der Waals surface area contributed by atoms with Gasteiger partial charge in [0.25, 0.3) is 0 Å². The molecule has 0 amide bonds. The molecule has 1 heterocycles. The highest BCUT2D eigenvalue weighted by atomic mass is 35.5. The average molecular weight is 340 g/mol. The van der Waals surface area contributed by atoms with E-state index in [1.807, 2.05) is 30.3 Å². The second-order valence-electron chi connectivity index (χ2n) is 5.57. The molecule has 0 bridgehead atoms. The van der Waals surface area contributed by atoms with Crippen molar-refractivity contribution in [1.82, 2.24) is 15.2 Å². The molecule has 0 aliphatic rings. The minimum atomic E-state index is 0.458. The summed E-state index contributed by atoms with van der Waals surface area (Å²) in [7, 11) is 0. The Morgan fingerprint density at radius 2 is 1.79 bits per heavy atom. The normalized spacial score (nSPS) is 10.5. The van der Waals surface area contributed by atoms with Gasteiger partial charge in [0, 0.05) is 17.3 Å². The van der Waals surface area contributed by atoms with Crippen LogP contribution in [-0.2, 0) is 6.54 Å². The summed E-state index contributed by atoms with van der Waals surface area (Å²) in [5, 5.41) is 15.1. The van der Waals surface area contributed by atoms with E-state index in [2.05, 4.69) is 51.8 Å². The summed E-state index contributed by atoms with van der Waals surface area (Å²) in [6, 6.07) is 13.8. The Bertz CT molecular complexity index is 833. The van der Waals surface area contributed by atoms with Crippen LogP contribution in [0.5, 0.6) is 0 Å². The first-order valence-corrected chi connectivity index (χ1v) is 8.00. The van der Waals surface area contributed by atoms with Crippen molar-refractivity contribution in [2.45, 2.75) is 20.4 Å². The zero-order valence-corrected chi connectivity index (χ0v) is 14.3. The summed E-state index contributed by atoms with van der Waals surface area (Å²) >= 11 is 5.89. The van der Waals surface area contributed by atoms with Gasteiger partial charge in [-0.1, -0.05) is 29.8 Å². The van der Waals surface area contributed by atoms with Crippen molar-refractivity contribution in [1.29, 1.82) is 0 Å². The van der Waals surface area contributed by atoms with Crippen LogP contribution in [0.15, 0.2) is 48.7 Å². The lowest BCUT2D eigenvalue weighted by atomic mass is 10.1. The largest absolute Gasteiger partial charge is 0.365 e. The molecule has 0 fully saturated rings. The maximum atomic E-state index is 5.89. The fraction of sp³-hybridized carbons (Fsp3) is 0.167. The number of nitrogens with zero attached hydrogens (tertiary/aromatic N) is 3. The van der Waals surface area contributed by atoms with Crippen molar-refractivity contribution < 1.29 is 0 Å². The zero-order valence-electron chi connectivity index (χ0n) is 13.5. The summed E-state index contributed by atoms with van der Waals surface area (Å²) in [4.78, 5) is 4.43. The molecule has 3 rings (SSSR count). The number of nitrogens with one attached hydrogen (secondary N) is 2. The molecule has 0 saturated heterocycles. The van der Waals surface area contributed by atoms with Gasteiger partial charge in [-0.05, 0) is 54.8 Å². The summed E-state index contributed by atoms with van der Waals surface area (Å²) in [6.07, 6.45) is 1.60. The third-order valence-electron chi connectivity index (χ3n) is 3.71. The number of anilines is 3. The van der Waals surface area contributed by atoms with Crippen LogP contribution in [0.1, 0.15) is 16.7 Å². The number of rotatable bonds is 5. The zero-order chi connectivity index (χ0) is 16.9. The van der Waals surface area contributed by atoms with Gasteiger partial charge >= 0.3 is 0 Å². The summed E-state index contributed by atoms with van der Waals surface area (Å²) < 4.78 is 0. The Kier molecular flexibility index (Phi) is 4.91. The van der Waals surface area contributed by atoms with E-state index in [1.54, 1.807) is 6.20 Å². The summed E-state index contributed by atoms with van der Waals surface area (Å²) in [6.45, 7) is 4.79. The lowest BCUT2D eigenvalue weighted by Gasteiger charge is -2.09. The van der Waals surface area contributed by atoms with Gasteiger partial charge in [-0.15, -0.1) is 5.10 Å². The number of benzene rings is 2. The molecule has 0 saturated carbocycles. The van der Waals surface area contributed by atoms with Crippen LogP contribution in [0.4, 0.5) is 17.5 Å². The molecule has 0 unspecified atom stereocenters. The highest BCUT2D eigenvalue weighted by molar-refractivity contribution is 6.30. The van der Waals surface area contributed by atoms with Crippen LogP contribution < -0.4 is 10.6 Å². The van der Waals surface area contributed by atoms with E-state index in [-0.39, 0.29) is 0 Å². The van der Waals surface area contributed by atoms with E-state index in [4.69, 9.17) is 11.6 Å². The fourth-order valence-electron chi connectivity index (χ4n) is 2.18. The molecule has 2 aromatic carbocycles. The Balaban J connectivity index is 1.67. The third kappa shape index (κ3) is 4.20. The standard InChI is InChI=1S/C18H18ClN5/c1-12-3-8-16(9-13(12)2)22-18-23-17(11-21-24-18)20-10-14-4-6-15(19)7-5-14/h3-9,11H,10H2,1-2H3,(H2,20,22,23,24). The molecular formula is C18H18ClN5. The fourth-order valence-corrected chi connectivity index (χ4v) is 2.31. The van der Waals surface area contributed by atoms with Crippen molar-refractivity contribution in [2.75, 3.05) is 10.6 Å². The van der Waals surface area contributed by atoms with E-state index in [1.165, 1.54) is 11.1 Å². The van der Waals surface area contributed by atoms with Gasteiger partial charge in [-0.2, -0.15) is 10.1 Å². The van der Waals surface area contributed by atoms with Crippen LogP contribution in [0.3, 0.4) is 0 Å². The second kappa shape index (κ2) is 7.27. The highest BCUT2D eigenvalue weighted by Gasteiger charge is 2.03. The molecule has 0 spiro atoms. The Morgan fingerprint density at radius 1 is 1.00 bits per heavy atom. The Labute approximate surface area is 146 Å². The van der Waals surface area contributed by atoms with Gasteiger partial charge < -0.3 is 10.6 Å². The molecule has 6 heteroatoms. The number of halogens is 1. The smallest absolute Gasteiger partial charge is 0.249 e. The van der Waals surface area contributed by atoms with Gasteiger partial charge in [0.2, 0.25) is 5.95 Å². The monoisotopic (exact) mass is 339 g/mol. The highest BCUT2D eigenvalue weighted by Crippen LogP contribution is 2.18. The minimum Gasteiger partial charge on any atom is -0.365 e. The van der Waals surface area contributed by atoms with Crippen molar-refractivity contribution in [2.24, 2.45) is 0 Å². The molecule has 0 atom stereocenters. The maximum absolute atomic E-state index is 5.89. The third-order valence-corrected chi connectivity index (χ3v) is 3.96. The summed E-state index contributed by atoms with van der Waals surface area (Å²) in [5.74, 6) is 1.12. The van der Waals surface area contributed by atoms with E-state index in [0.717, 1.165) is 16.3 Å². The molecule has 0 aliphatic carbocycles. The van der Waals surface area contributed by atoms with Gasteiger partial charge in [-0.3, -0.25) is 0 Å². The second-order valence-corrected chi connectivity index (χ2v) is 6.01. The molecule has 5 nitrogen and oxygen atoms in total.